The summed E-state index contributed by atoms with van der Waals surface area (Å²) < 4.78 is 35.1. The van der Waals surface area contributed by atoms with Crippen LogP contribution < -0.4 is 15.8 Å². The van der Waals surface area contributed by atoms with Crippen molar-refractivity contribution in [3.05, 3.63) is 54.3 Å². The van der Waals surface area contributed by atoms with Gasteiger partial charge in [0.05, 0.1) is 4.90 Å². The minimum absolute atomic E-state index is 0.0343. The number of nitrogens with two attached hydrogens (primary N) is 1. The highest BCUT2D eigenvalue weighted by molar-refractivity contribution is 7.89. The Morgan fingerprint density at radius 1 is 1.04 bits per heavy atom. The summed E-state index contributed by atoms with van der Waals surface area (Å²) in [5.41, 5.74) is 1.05. The van der Waals surface area contributed by atoms with Crippen molar-refractivity contribution >= 4 is 27.3 Å². The van der Waals surface area contributed by atoms with Gasteiger partial charge in [0.1, 0.15) is 11.9 Å². The Morgan fingerprint density at radius 3 is 2.09 bits per heavy atom. The lowest BCUT2D eigenvalue weighted by Gasteiger charge is -2.15. The van der Waals surface area contributed by atoms with E-state index in [2.05, 4.69) is 10.6 Å². The first-order valence-corrected chi connectivity index (χ1v) is 8.26. The van der Waals surface area contributed by atoms with Gasteiger partial charge in [0.15, 0.2) is 0 Å². The highest BCUT2D eigenvalue weighted by Gasteiger charge is 2.13. The largest absolute Gasteiger partial charge is 0.374 e. The van der Waals surface area contributed by atoms with E-state index >= 15 is 0 Å². The molecule has 0 aliphatic rings. The van der Waals surface area contributed by atoms with Crippen LogP contribution in [0, 0.1) is 5.82 Å². The van der Waals surface area contributed by atoms with Crippen LogP contribution >= 0.6 is 0 Å². The monoisotopic (exact) mass is 337 g/mol. The molecule has 4 N–H and O–H groups in total. The number of halogens is 1. The van der Waals surface area contributed by atoms with Gasteiger partial charge in [0.25, 0.3) is 0 Å². The van der Waals surface area contributed by atoms with Crippen LogP contribution in [0.25, 0.3) is 0 Å². The third kappa shape index (κ3) is 4.76. The Morgan fingerprint density at radius 2 is 1.57 bits per heavy atom. The van der Waals surface area contributed by atoms with Gasteiger partial charge in [-0.15, -0.1) is 0 Å². The average molecular weight is 337 g/mol. The Labute approximate surface area is 133 Å². The molecule has 8 heteroatoms. The van der Waals surface area contributed by atoms with E-state index in [-0.39, 0.29) is 16.6 Å². The zero-order valence-corrected chi connectivity index (χ0v) is 13.1. The second-order valence-electron chi connectivity index (χ2n) is 4.93. The summed E-state index contributed by atoms with van der Waals surface area (Å²) >= 11 is 0. The molecule has 23 heavy (non-hydrogen) atoms. The van der Waals surface area contributed by atoms with Crippen LogP contribution in [-0.2, 0) is 14.8 Å². The van der Waals surface area contributed by atoms with Crippen molar-refractivity contribution in [1.82, 2.24) is 0 Å². The van der Waals surface area contributed by atoms with Crippen molar-refractivity contribution in [2.24, 2.45) is 5.14 Å². The van der Waals surface area contributed by atoms with Crippen LogP contribution in [0.1, 0.15) is 6.92 Å². The molecule has 1 atom stereocenters. The van der Waals surface area contributed by atoms with Gasteiger partial charge in [-0.3, -0.25) is 4.79 Å². The number of carbonyl (C=O) groups excluding carboxylic acids is 1. The molecule has 0 aliphatic carbocycles. The van der Waals surface area contributed by atoms with Gasteiger partial charge in [-0.05, 0) is 55.5 Å². The second-order valence-corrected chi connectivity index (χ2v) is 6.49. The van der Waals surface area contributed by atoms with Crippen LogP contribution in [0.4, 0.5) is 15.8 Å². The standard InChI is InChI=1S/C15H16FN3O3S/c1-10(18-12-4-2-11(16)3-5-12)15(20)19-13-6-8-14(9-7-13)23(17,21)22/h2-10,18H,1H3,(H,19,20)(H2,17,21,22). The molecule has 0 aliphatic heterocycles. The minimum atomic E-state index is -3.76. The predicted octanol–water partition coefficient (Wildman–Crippen LogP) is 1.91. The van der Waals surface area contributed by atoms with Gasteiger partial charge in [0, 0.05) is 11.4 Å². The lowest BCUT2D eigenvalue weighted by atomic mass is 10.2. The third-order valence-electron chi connectivity index (χ3n) is 3.07. The third-order valence-corrected chi connectivity index (χ3v) is 4.00. The highest BCUT2D eigenvalue weighted by Crippen LogP contribution is 2.14. The van der Waals surface area contributed by atoms with Crippen molar-refractivity contribution in [3.63, 3.8) is 0 Å². The fourth-order valence-corrected chi connectivity index (χ4v) is 2.36. The van der Waals surface area contributed by atoms with Crippen molar-refractivity contribution in [2.45, 2.75) is 17.9 Å². The van der Waals surface area contributed by atoms with E-state index in [0.29, 0.717) is 11.4 Å². The number of carbonyl (C=O) groups is 1. The van der Waals surface area contributed by atoms with Gasteiger partial charge in [-0.2, -0.15) is 0 Å². The zero-order valence-electron chi connectivity index (χ0n) is 12.3. The van der Waals surface area contributed by atoms with Crippen molar-refractivity contribution in [3.8, 4) is 0 Å². The molecule has 0 saturated heterocycles. The molecule has 2 rings (SSSR count). The Kier molecular flexibility index (Phi) is 4.97. The van der Waals surface area contributed by atoms with Crippen LogP contribution in [0.15, 0.2) is 53.4 Å². The maximum absolute atomic E-state index is 12.8. The van der Waals surface area contributed by atoms with E-state index in [1.54, 1.807) is 6.92 Å². The number of benzene rings is 2. The fraction of sp³-hybridized carbons (Fsp3) is 0.133. The van der Waals surface area contributed by atoms with E-state index in [1.807, 2.05) is 0 Å². The Hall–Kier alpha value is -2.45. The number of primary sulfonamides is 1. The number of amides is 1. The molecule has 0 aromatic heterocycles. The predicted molar refractivity (Wildman–Crippen MR) is 85.9 cm³/mol. The first-order valence-electron chi connectivity index (χ1n) is 6.71. The van der Waals surface area contributed by atoms with Gasteiger partial charge < -0.3 is 10.6 Å². The fourth-order valence-electron chi connectivity index (χ4n) is 1.84. The number of anilines is 2. The maximum Gasteiger partial charge on any atom is 0.246 e. The van der Waals surface area contributed by atoms with E-state index in [0.717, 1.165) is 0 Å². The summed E-state index contributed by atoms with van der Waals surface area (Å²) in [6.07, 6.45) is 0. The van der Waals surface area contributed by atoms with Crippen molar-refractivity contribution in [1.29, 1.82) is 0 Å². The summed E-state index contributed by atoms with van der Waals surface area (Å²) in [4.78, 5) is 12.0. The van der Waals surface area contributed by atoms with Crippen LogP contribution in [0.3, 0.4) is 0 Å². The topological polar surface area (TPSA) is 101 Å². The van der Waals surface area contributed by atoms with Gasteiger partial charge in [0.2, 0.25) is 15.9 Å². The van der Waals surface area contributed by atoms with Crippen LogP contribution in [0.2, 0.25) is 0 Å². The molecule has 1 amide bonds. The average Bonchev–Trinajstić information content (AvgIpc) is 2.49. The number of hydrogen-bond donors (Lipinski definition) is 3. The van der Waals surface area contributed by atoms with E-state index in [1.165, 1.54) is 48.5 Å². The normalized spacial score (nSPS) is 12.5. The first kappa shape index (κ1) is 16.9. The summed E-state index contributed by atoms with van der Waals surface area (Å²) in [5.74, 6) is -0.680. The summed E-state index contributed by atoms with van der Waals surface area (Å²) in [5, 5.41) is 10.6. The summed E-state index contributed by atoms with van der Waals surface area (Å²) in [7, 11) is -3.76. The minimum Gasteiger partial charge on any atom is -0.374 e. The van der Waals surface area contributed by atoms with E-state index in [9.17, 15) is 17.6 Å². The number of sulfonamides is 1. The van der Waals surface area contributed by atoms with E-state index in [4.69, 9.17) is 5.14 Å². The molecule has 2 aromatic rings. The first-order chi connectivity index (χ1) is 10.8. The molecule has 0 radical (unpaired) electrons. The molecule has 1 unspecified atom stereocenters. The summed E-state index contributed by atoms with van der Waals surface area (Å²) in [6.45, 7) is 1.65. The van der Waals surface area contributed by atoms with Crippen LogP contribution in [0.5, 0.6) is 0 Å². The Bertz CT molecular complexity index is 790. The molecular formula is C15H16FN3O3S. The van der Waals surface area contributed by atoms with Crippen LogP contribution in [-0.4, -0.2) is 20.4 Å². The molecule has 122 valence electrons. The molecular weight excluding hydrogens is 321 g/mol. The highest BCUT2D eigenvalue weighted by atomic mass is 32.2. The molecule has 6 nitrogen and oxygen atoms in total. The SMILES string of the molecule is CC(Nc1ccc(F)cc1)C(=O)Nc1ccc(S(N)(=O)=O)cc1. The quantitative estimate of drug-likeness (QED) is 0.776. The van der Waals surface area contributed by atoms with Gasteiger partial charge >= 0.3 is 0 Å². The van der Waals surface area contributed by atoms with Crippen molar-refractivity contribution < 1.29 is 17.6 Å². The zero-order chi connectivity index (χ0) is 17.0. The number of rotatable bonds is 5. The second kappa shape index (κ2) is 6.76. The Balaban J connectivity index is 1.99. The number of nitrogens with one attached hydrogen (secondary N) is 2. The molecule has 2 aromatic carbocycles. The lowest BCUT2D eigenvalue weighted by Crippen LogP contribution is -2.31. The molecule has 0 spiro atoms. The molecule has 0 bridgehead atoms. The lowest BCUT2D eigenvalue weighted by molar-refractivity contribution is -0.116. The van der Waals surface area contributed by atoms with Gasteiger partial charge in [-0.25, -0.2) is 17.9 Å². The van der Waals surface area contributed by atoms with E-state index < -0.39 is 16.1 Å². The smallest absolute Gasteiger partial charge is 0.246 e. The molecule has 0 saturated carbocycles. The van der Waals surface area contributed by atoms with Crippen molar-refractivity contribution in [2.75, 3.05) is 10.6 Å². The summed E-state index contributed by atoms with van der Waals surface area (Å²) in [6, 6.07) is 10.6. The number of hydrogen-bond acceptors (Lipinski definition) is 4. The van der Waals surface area contributed by atoms with Gasteiger partial charge in [-0.1, -0.05) is 0 Å². The molecule has 0 heterocycles. The maximum atomic E-state index is 12.8. The molecule has 0 fully saturated rings.